The molecule has 2 saturated heterocycles. The summed E-state index contributed by atoms with van der Waals surface area (Å²) < 4.78 is 0. The van der Waals surface area contributed by atoms with E-state index in [0.29, 0.717) is 6.54 Å². The highest BCUT2D eigenvalue weighted by atomic mass is 16.2. The minimum Gasteiger partial charge on any atom is -0.329 e. The van der Waals surface area contributed by atoms with Crippen molar-refractivity contribution in [3.8, 4) is 0 Å². The maximum Gasteiger partial charge on any atom is 0.252 e. The lowest BCUT2D eigenvalue weighted by Crippen LogP contribution is -2.55. The lowest BCUT2D eigenvalue weighted by atomic mass is 10.0. The summed E-state index contributed by atoms with van der Waals surface area (Å²) in [5, 5.41) is 2.94. The SMILES string of the molecule is CNC1CCCN(C2CC(=O)N(C)C2=O)C1=O. The van der Waals surface area contributed by atoms with Crippen LogP contribution in [0.5, 0.6) is 0 Å². The van der Waals surface area contributed by atoms with E-state index in [1.54, 1.807) is 11.9 Å². The van der Waals surface area contributed by atoms with Crippen LogP contribution in [0.3, 0.4) is 0 Å². The predicted octanol–water partition coefficient (Wildman–Crippen LogP) is -1.05. The van der Waals surface area contributed by atoms with Crippen LogP contribution in [-0.4, -0.2) is 60.2 Å². The molecule has 6 heteroatoms. The van der Waals surface area contributed by atoms with Gasteiger partial charge in [-0.2, -0.15) is 0 Å². The van der Waals surface area contributed by atoms with Gasteiger partial charge in [-0.1, -0.05) is 0 Å². The fraction of sp³-hybridized carbons (Fsp3) is 0.727. The van der Waals surface area contributed by atoms with Crippen LogP contribution in [0.25, 0.3) is 0 Å². The van der Waals surface area contributed by atoms with Crippen LogP contribution < -0.4 is 5.32 Å². The number of likely N-dealkylation sites (N-methyl/N-ethyl adjacent to an activating group) is 2. The molecule has 2 heterocycles. The molecule has 0 aliphatic carbocycles. The van der Waals surface area contributed by atoms with Crippen LogP contribution in [0.2, 0.25) is 0 Å². The summed E-state index contributed by atoms with van der Waals surface area (Å²) in [6, 6.07) is -0.811. The molecule has 94 valence electrons. The number of rotatable bonds is 2. The maximum absolute atomic E-state index is 12.1. The monoisotopic (exact) mass is 239 g/mol. The number of carbonyl (C=O) groups excluding carboxylic acids is 3. The molecule has 0 aromatic heterocycles. The van der Waals surface area contributed by atoms with Gasteiger partial charge in [0.25, 0.3) is 5.91 Å². The summed E-state index contributed by atoms with van der Waals surface area (Å²) in [5.74, 6) is -0.542. The molecule has 2 unspecified atom stereocenters. The first-order chi connectivity index (χ1) is 8.06. The number of nitrogens with zero attached hydrogens (tertiary/aromatic N) is 2. The second-order valence-corrected chi connectivity index (χ2v) is 4.53. The second-order valence-electron chi connectivity index (χ2n) is 4.53. The van der Waals surface area contributed by atoms with Gasteiger partial charge in [-0.3, -0.25) is 19.3 Å². The molecule has 2 aliphatic rings. The molecule has 2 fully saturated rings. The van der Waals surface area contributed by atoms with Crippen molar-refractivity contribution in [2.75, 3.05) is 20.6 Å². The first kappa shape index (κ1) is 12.0. The number of nitrogens with one attached hydrogen (secondary N) is 1. The minimum atomic E-state index is -0.587. The average molecular weight is 239 g/mol. The molecule has 2 rings (SSSR count). The molecule has 0 radical (unpaired) electrons. The molecule has 1 N–H and O–H groups in total. The number of likely N-dealkylation sites (tertiary alicyclic amines) is 2. The Morgan fingerprint density at radius 3 is 2.47 bits per heavy atom. The first-order valence-electron chi connectivity index (χ1n) is 5.84. The van der Waals surface area contributed by atoms with Crippen LogP contribution in [0.15, 0.2) is 0 Å². The molecule has 6 nitrogen and oxygen atoms in total. The van der Waals surface area contributed by atoms with Crippen LogP contribution >= 0.6 is 0 Å². The largest absolute Gasteiger partial charge is 0.329 e. The standard InChI is InChI=1S/C11H17N3O3/c1-12-7-4-3-5-14(10(7)16)8-6-9(15)13(2)11(8)17/h7-8,12H,3-6H2,1-2H3. The van der Waals surface area contributed by atoms with E-state index in [1.807, 2.05) is 0 Å². The Morgan fingerprint density at radius 2 is 1.94 bits per heavy atom. The topological polar surface area (TPSA) is 69.7 Å². The highest BCUT2D eigenvalue weighted by Gasteiger charge is 2.43. The molecule has 0 bridgehead atoms. The smallest absolute Gasteiger partial charge is 0.252 e. The van der Waals surface area contributed by atoms with E-state index >= 15 is 0 Å². The molecule has 3 amide bonds. The zero-order valence-corrected chi connectivity index (χ0v) is 10.1. The highest BCUT2D eigenvalue weighted by Crippen LogP contribution is 2.22. The van der Waals surface area contributed by atoms with Gasteiger partial charge in [-0.05, 0) is 19.9 Å². The van der Waals surface area contributed by atoms with Crippen molar-refractivity contribution in [3.63, 3.8) is 0 Å². The Balaban J connectivity index is 2.15. The van der Waals surface area contributed by atoms with E-state index in [9.17, 15) is 14.4 Å². The Morgan fingerprint density at radius 1 is 1.24 bits per heavy atom. The van der Waals surface area contributed by atoms with Crippen LogP contribution in [0.4, 0.5) is 0 Å². The van der Waals surface area contributed by atoms with E-state index in [-0.39, 0.29) is 30.2 Å². The summed E-state index contributed by atoms with van der Waals surface area (Å²) in [7, 11) is 3.20. The van der Waals surface area contributed by atoms with Crippen molar-refractivity contribution < 1.29 is 14.4 Å². The van der Waals surface area contributed by atoms with Crippen molar-refractivity contribution in [2.24, 2.45) is 0 Å². The Kier molecular flexibility index (Phi) is 3.15. The van der Waals surface area contributed by atoms with Gasteiger partial charge >= 0.3 is 0 Å². The number of hydrogen-bond donors (Lipinski definition) is 1. The van der Waals surface area contributed by atoms with Gasteiger partial charge in [-0.25, -0.2) is 0 Å². The molecule has 0 aromatic rings. The van der Waals surface area contributed by atoms with Crippen molar-refractivity contribution >= 4 is 17.7 Å². The fourth-order valence-electron chi connectivity index (χ4n) is 2.46. The number of hydrogen-bond acceptors (Lipinski definition) is 4. The Labute approximate surface area is 99.9 Å². The van der Waals surface area contributed by atoms with Gasteiger partial charge in [0, 0.05) is 13.6 Å². The number of piperidine rings is 1. The quantitative estimate of drug-likeness (QED) is 0.625. The van der Waals surface area contributed by atoms with Crippen molar-refractivity contribution in [2.45, 2.75) is 31.3 Å². The summed E-state index contributed by atoms with van der Waals surface area (Å²) in [5.41, 5.74) is 0. The third-order valence-corrected chi connectivity index (χ3v) is 3.56. The fourth-order valence-corrected chi connectivity index (χ4v) is 2.46. The van der Waals surface area contributed by atoms with Crippen LogP contribution in [0.1, 0.15) is 19.3 Å². The molecular formula is C11H17N3O3. The van der Waals surface area contributed by atoms with Gasteiger partial charge in [0.05, 0.1) is 12.5 Å². The van der Waals surface area contributed by atoms with Crippen LogP contribution in [-0.2, 0) is 14.4 Å². The third kappa shape index (κ3) is 1.93. The molecule has 0 spiro atoms. The van der Waals surface area contributed by atoms with Gasteiger partial charge < -0.3 is 10.2 Å². The summed E-state index contributed by atoms with van der Waals surface area (Å²) >= 11 is 0. The maximum atomic E-state index is 12.1. The van der Waals surface area contributed by atoms with Gasteiger partial charge in [0.1, 0.15) is 6.04 Å². The lowest BCUT2D eigenvalue weighted by Gasteiger charge is -2.34. The molecule has 17 heavy (non-hydrogen) atoms. The molecular weight excluding hydrogens is 222 g/mol. The first-order valence-corrected chi connectivity index (χ1v) is 5.84. The summed E-state index contributed by atoms with van der Waals surface area (Å²) in [6.07, 6.45) is 1.77. The second kappa shape index (κ2) is 4.44. The van der Waals surface area contributed by atoms with E-state index in [1.165, 1.54) is 7.05 Å². The van der Waals surface area contributed by atoms with Crippen molar-refractivity contribution in [1.29, 1.82) is 0 Å². The van der Waals surface area contributed by atoms with Crippen molar-refractivity contribution in [3.05, 3.63) is 0 Å². The summed E-state index contributed by atoms with van der Waals surface area (Å²) in [4.78, 5) is 38.0. The average Bonchev–Trinajstić information content (AvgIpc) is 2.57. The van der Waals surface area contributed by atoms with E-state index in [4.69, 9.17) is 0 Å². The highest BCUT2D eigenvalue weighted by molar-refractivity contribution is 6.06. The summed E-state index contributed by atoms with van der Waals surface area (Å²) in [6.45, 7) is 0.564. The molecule has 0 saturated carbocycles. The normalized spacial score (nSPS) is 30.4. The zero-order valence-electron chi connectivity index (χ0n) is 10.1. The number of carbonyl (C=O) groups is 3. The van der Waals surface area contributed by atoms with Crippen LogP contribution in [0, 0.1) is 0 Å². The predicted molar refractivity (Wildman–Crippen MR) is 60.0 cm³/mol. The zero-order chi connectivity index (χ0) is 12.6. The van der Waals surface area contributed by atoms with Gasteiger partial charge in [0.2, 0.25) is 11.8 Å². The van der Waals surface area contributed by atoms with E-state index < -0.39 is 6.04 Å². The Bertz CT molecular complexity index is 369. The van der Waals surface area contributed by atoms with Gasteiger partial charge in [0.15, 0.2) is 0 Å². The van der Waals surface area contributed by atoms with E-state index in [2.05, 4.69) is 5.32 Å². The number of imide groups is 1. The van der Waals surface area contributed by atoms with Gasteiger partial charge in [-0.15, -0.1) is 0 Å². The number of amides is 3. The molecule has 2 atom stereocenters. The minimum absolute atomic E-state index is 0.0693. The lowest BCUT2D eigenvalue weighted by molar-refractivity contribution is -0.145. The Hall–Kier alpha value is -1.43. The van der Waals surface area contributed by atoms with E-state index in [0.717, 1.165) is 17.7 Å². The third-order valence-electron chi connectivity index (χ3n) is 3.56. The molecule has 0 aromatic carbocycles. The molecule has 2 aliphatic heterocycles. The van der Waals surface area contributed by atoms with Crippen molar-refractivity contribution in [1.82, 2.24) is 15.1 Å².